The number of nitrogens with zero attached hydrogens (tertiary/aromatic N) is 3. The Labute approximate surface area is 159 Å². The second-order valence-electron chi connectivity index (χ2n) is 7.42. The molecule has 0 spiro atoms. The molecule has 3 N–H and O–H groups in total. The number of carbonyl (C=O) groups is 2. The van der Waals surface area contributed by atoms with Crippen LogP contribution in [0.3, 0.4) is 0 Å². The van der Waals surface area contributed by atoms with Gasteiger partial charge in [0.15, 0.2) is 6.19 Å². The molecule has 2 amide bonds. The summed E-state index contributed by atoms with van der Waals surface area (Å²) >= 11 is 0. The molecule has 0 saturated carbocycles. The second-order valence-corrected chi connectivity index (χ2v) is 7.42. The smallest absolute Gasteiger partial charge is 0.251 e. The highest BCUT2D eigenvalue weighted by Crippen LogP contribution is 2.28. The van der Waals surface area contributed by atoms with Gasteiger partial charge >= 0.3 is 0 Å². The van der Waals surface area contributed by atoms with E-state index in [1.807, 2.05) is 6.19 Å². The Morgan fingerprint density at radius 3 is 2.44 bits per heavy atom. The fourth-order valence-corrected chi connectivity index (χ4v) is 3.33. The Hall–Kier alpha value is -2.85. The molecule has 1 aromatic carbocycles. The van der Waals surface area contributed by atoms with Gasteiger partial charge in [0.05, 0.1) is 5.60 Å². The third kappa shape index (κ3) is 4.29. The molecule has 7 nitrogen and oxygen atoms in total. The Morgan fingerprint density at radius 2 is 2.00 bits per heavy atom. The van der Waals surface area contributed by atoms with Crippen molar-refractivity contribution < 1.29 is 14.7 Å². The van der Waals surface area contributed by atoms with Gasteiger partial charge in [-0.1, -0.05) is 18.7 Å². The van der Waals surface area contributed by atoms with Gasteiger partial charge in [-0.2, -0.15) is 5.26 Å². The van der Waals surface area contributed by atoms with E-state index in [1.165, 1.54) is 9.80 Å². The van der Waals surface area contributed by atoms with Crippen LogP contribution in [-0.4, -0.2) is 40.4 Å². The summed E-state index contributed by atoms with van der Waals surface area (Å²) in [6, 6.07) is 5.06. The maximum Gasteiger partial charge on any atom is 0.251 e. The minimum absolute atomic E-state index is 0.364. The van der Waals surface area contributed by atoms with Crippen LogP contribution in [-0.2, 0) is 15.2 Å². The van der Waals surface area contributed by atoms with Crippen LogP contribution in [0.5, 0.6) is 0 Å². The first-order valence-electron chi connectivity index (χ1n) is 8.85. The summed E-state index contributed by atoms with van der Waals surface area (Å²) in [6.45, 7) is 9.28. The first-order valence-corrected chi connectivity index (χ1v) is 8.85. The average Bonchev–Trinajstić information content (AvgIpc) is 3.06. The quantitative estimate of drug-likeness (QED) is 0.584. The SMILES string of the molecule is C=C(C)C(C(N)=O)N(C(=O)C1CCCN1C#N)c1ccc(C(C)(C)O)cc1. The number of nitrogens with two attached hydrogens (primary N) is 1. The number of amides is 2. The number of primary amides is 1. The maximum absolute atomic E-state index is 13.3. The van der Waals surface area contributed by atoms with E-state index in [0.29, 0.717) is 29.8 Å². The number of nitriles is 1. The van der Waals surface area contributed by atoms with Gasteiger partial charge in [-0.15, -0.1) is 0 Å². The molecule has 1 aliphatic heterocycles. The van der Waals surface area contributed by atoms with Crippen LogP contribution in [0.2, 0.25) is 0 Å². The fourth-order valence-electron chi connectivity index (χ4n) is 3.33. The number of benzene rings is 1. The highest BCUT2D eigenvalue weighted by Gasteiger charge is 2.39. The maximum atomic E-state index is 13.3. The number of likely N-dealkylation sites (tertiary alicyclic amines) is 1. The van der Waals surface area contributed by atoms with Crippen LogP contribution < -0.4 is 10.6 Å². The lowest BCUT2D eigenvalue weighted by molar-refractivity contribution is -0.126. The molecular weight excluding hydrogens is 344 g/mol. The number of anilines is 1. The summed E-state index contributed by atoms with van der Waals surface area (Å²) in [6.07, 6.45) is 3.30. The summed E-state index contributed by atoms with van der Waals surface area (Å²) in [4.78, 5) is 28.1. The zero-order valence-corrected chi connectivity index (χ0v) is 16.0. The van der Waals surface area contributed by atoms with Gasteiger partial charge in [0.25, 0.3) is 5.91 Å². The van der Waals surface area contributed by atoms with Crippen molar-refractivity contribution in [2.75, 3.05) is 11.4 Å². The van der Waals surface area contributed by atoms with Crippen molar-refractivity contribution in [1.29, 1.82) is 5.26 Å². The van der Waals surface area contributed by atoms with Gasteiger partial charge in [-0.3, -0.25) is 19.4 Å². The fraction of sp³-hybridized carbons (Fsp3) is 0.450. The number of carbonyl (C=O) groups excluding carboxylic acids is 2. The summed E-state index contributed by atoms with van der Waals surface area (Å²) < 4.78 is 0. The van der Waals surface area contributed by atoms with Crippen molar-refractivity contribution in [3.05, 3.63) is 42.0 Å². The van der Waals surface area contributed by atoms with Crippen LogP contribution in [0.1, 0.15) is 39.2 Å². The number of aliphatic hydroxyl groups is 1. The summed E-state index contributed by atoms with van der Waals surface area (Å²) in [5.41, 5.74) is 6.10. The zero-order chi connectivity index (χ0) is 20.4. The topological polar surface area (TPSA) is 111 Å². The predicted molar refractivity (Wildman–Crippen MR) is 102 cm³/mol. The van der Waals surface area contributed by atoms with E-state index in [1.54, 1.807) is 45.0 Å². The number of rotatable bonds is 6. The zero-order valence-electron chi connectivity index (χ0n) is 16.0. The summed E-state index contributed by atoms with van der Waals surface area (Å²) in [5.74, 6) is -1.05. The minimum Gasteiger partial charge on any atom is -0.386 e. The number of hydrogen-bond donors (Lipinski definition) is 2. The van der Waals surface area contributed by atoms with Crippen LogP contribution in [0, 0.1) is 11.5 Å². The lowest BCUT2D eigenvalue weighted by Gasteiger charge is -2.33. The third-order valence-corrected chi connectivity index (χ3v) is 4.75. The first-order chi connectivity index (χ1) is 12.6. The molecule has 1 aliphatic rings. The van der Waals surface area contributed by atoms with Gasteiger partial charge in [0.1, 0.15) is 12.1 Å². The monoisotopic (exact) mass is 370 g/mol. The van der Waals surface area contributed by atoms with Crippen LogP contribution in [0.15, 0.2) is 36.4 Å². The molecular formula is C20H26N4O3. The standard InChI is InChI=1S/C20H26N4O3/c1-13(2)17(18(22)25)24(19(26)16-6-5-11-23(16)12-21)15-9-7-14(8-10-15)20(3,4)27/h7-10,16-17,27H,1,5-6,11H2,2-4H3,(H2,22,25). The van der Waals surface area contributed by atoms with E-state index in [0.717, 1.165) is 6.42 Å². The van der Waals surface area contributed by atoms with Gasteiger partial charge in [0, 0.05) is 12.2 Å². The van der Waals surface area contributed by atoms with Gasteiger partial charge in [0.2, 0.25) is 5.91 Å². The van der Waals surface area contributed by atoms with Crippen molar-refractivity contribution in [2.45, 2.75) is 51.3 Å². The van der Waals surface area contributed by atoms with E-state index in [4.69, 9.17) is 5.73 Å². The van der Waals surface area contributed by atoms with Crippen molar-refractivity contribution in [2.24, 2.45) is 5.73 Å². The average molecular weight is 370 g/mol. The molecule has 2 atom stereocenters. The van der Waals surface area contributed by atoms with E-state index in [2.05, 4.69) is 6.58 Å². The molecule has 0 aliphatic carbocycles. The van der Waals surface area contributed by atoms with Gasteiger partial charge in [-0.25, -0.2) is 0 Å². The van der Waals surface area contributed by atoms with E-state index in [9.17, 15) is 20.0 Å². The van der Waals surface area contributed by atoms with Crippen LogP contribution in [0.25, 0.3) is 0 Å². The lowest BCUT2D eigenvalue weighted by Crippen LogP contribution is -2.54. The second kappa shape index (κ2) is 7.80. The van der Waals surface area contributed by atoms with Crippen LogP contribution >= 0.6 is 0 Å². The Kier molecular flexibility index (Phi) is 5.91. The van der Waals surface area contributed by atoms with Gasteiger partial charge in [-0.05, 0) is 56.9 Å². The molecule has 0 aromatic heterocycles. The molecule has 7 heteroatoms. The van der Waals surface area contributed by atoms with Crippen molar-refractivity contribution in [3.63, 3.8) is 0 Å². The molecule has 2 unspecified atom stereocenters. The molecule has 0 radical (unpaired) electrons. The Balaban J connectivity index is 2.50. The van der Waals surface area contributed by atoms with Crippen molar-refractivity contribution in [3.8, 4) is 6.19 Å². The third-order valence-electron chi connectivity index (χ3n) is 4.75. The normalized spacial score (nSPS) is 17.9. The molecule has 1 saturated heterocycles. The number of hydrogen-bond acceptors (Lipinski definition) is 5. The van der Waals surface area contributed by atoms with E-state index in [-0.39, 0.29) is 5.91 Å². The highest BCUT2D eigenvalue weighted by atomic mass is 16.3. The molecule has 2 rings (SSSR count). The van der Waals surface area contributed by atoms with Crippen molar-refractivity contribution in [1.82, 2.24) is 4.90 Å². The molecule has 1 fully saturated rings. The van der Waals surface area contributed by atoms with Crippen LogP contribution in [0.4, 0.5) is 5.69 Å². The molecule has 144 valence electrons. The first kappa shape index (κ1) is 20.5. The minimum atomic E-state index is -1.03. The highest BCUT2D eigenvalue weighted by molar-refractivity contribution is 6.04. The Morgan fingerprint density at radius 1 is 1.41 bits per heavy atom. The van der Waals surface area contributed by atoms with E-state index < -0.39 is 23.6 Å². The van der Waals surface area contributed by atoms with E-state index >= 15 is 0 Å². The Bertz CT molecular complexity index is 760. The summed E-state index contributed by atoms with van der Waals surface area (Å²) in [5, 5.41) is 19.4. The molecule has 27 heavy (non-hydrogen) atoms. The molecule has 0 bridgehead atoms. The molecule has 1 aromatic rings. The predicted octanol–water partition coefficient (Wildman–Crippen LogP) is 1.62. The van der Waals surface area contributed by atoms with Crippen molar-refractivity contribution >= 4 is 17.5 Å². The molecule has 1 heterocycles. The van der Waals surface area contributed by atoms with Gasteiger partial charge < -0.3 is 10.8 Å². The largest absolute Gasteiger partial charge is 0.386 e. The lowest BCUT2D eigenvalue weighted by atomic mass is 9.97. The summed E-state index contributed by atoms with van der Waals surface area (Å²) in [7, 11) is 0.